The fraction of sp³-hybridized carbons (Fsp3) is 0.500. The number of carbonyl (C=O) groups excluding carboxylic acids is 2. The van der Waals surface area contributed by atoms with Crippen molar-refractivity contribution in [2.75, 3.05) is 5.32 Å². The largest absolute Gasteiger partial charge is 0.444 e. The number of halogens is 1. The summed E-state index contributed by atoms with van der Waals surface area (Å²) >= 11 is 0. The van der Waals surface area contributed by atoms with Crippen molar-refractivity contribution in [1.29, 1.82) is 0 Å². The van der Waals surface area contributed by atoms with Crippen molar-refractivity contribution >= 4 is 17.7 Å². The molecule has 5 nitrogen and oxygen atoms in total. The molecule has 0 unspecified atom stereocenters. The van der Waals surface area contributed by atoms with Crippen LogP contribution in [-0.2, 0) is 9.53 Å². The third-order valence-corrected chi connectivity index (χ3v) is 2.54. The average molecular weight is 311 g/mol. The van der Waals surface area contributed by atoms with Crippen molar-refractivity contribution in [3.05, 3.63) is 24.0 Å². The van der Waals surface area contributed by atoms with Gasteiger partial charge in [0, 0.05) is 18.2 Å². The van der Waals surface area contributed by atoms with E-state index < -0.39 is 23.5 Å². The minimum atomic E-state index is -0.724. The number of hydrogen-bond donors (Lipinski definition) is 1. The summed E-state index contributed by atoms with van der Waals surface area (Å²) in [6.07, 6.45) is 1.11. The maximum Gasteiger partial charge on any atom is 0.412 e. The Morgan fingerprint density at radius 1 is 1.27 bits per heavy atom. The fourth-order valence-corrected chi connectivity index (χ4v) is 1.58. The van der Waals surface area contributed by atoms with Crippen molar-refractivity contribution in [2.24, 2.45) is 0 Å². The second kappa shape index (κ2) is 7.77. The molecule has 0 saturated carbocycles. The van der Waals surface area contributed by atoms with Gasteiger partial charge in [-0.15, -0.1) is 0 Å². The minimum Gasteiger partial charge on any atom is -0.444 e. The van der Waals surface area contributed by atoms with Gasteiger partial charge < -0.3 is 9.47 Å². The van der Waals surface area contributed by atoms with Crippen LogP contribution in [0.1, 0.15) is 47.0 Å². The average Bonchev–Trinajstić information content (AvgIpc) is 2.37. The molecule has 0 saturated heterocycles. The summed E-state index contributed by atoms with van der Waals surface area (Å²) in [7, 11) is 0. The summed E-state index contributed by atoms with van der Waals surface area (Å²) in [6.45, 7) is 7.13. The summed E-state index contributed by atoms with van der Waals surface area (Å²) in [5, 5.41) is 2.41. The highest BCUT2D eigenvalue weighted by Crippen LogP contribution is 2.22. The molecule has 0 bridgehead atoms. The lowest BCUT2D eigenvalue weighted by molar-refractivity contribution is -0.134. The van der Waals surface area contributed by atoms with Crippen molar-refractivity contribution in [1.82, 2.24) is 0 Å². The molecule has 0 aliphatic carbocycles. The Bertz CT molecular complexity index is 537. The highest BCUT2D eigenvalue weighted by Gasteiger charge is 2.17. The van der Waals surface area contributed by atoms with E-state index in [0.29, 0.717) is 6.42 Å². The quantitative estimate of drug-likeness (QED) is 0.651. The first-order valence-electron chi connectivity index (χ1n) is 7.21. The number of nitrogens with one attached hydrogen (secondary N) is 1. The molecule has 0 spiro atoms. The van der Waals surface area contributed by atoms with Crippen LogP contribution < -0.4 is 10.1 Å². The lowest BCUT2D eigenvalue weighted by Gasteiger charge is -2.19. The summed E-state index contributed by atoms with van der Waals surface area (Å²) in [4.78, 5) is 23.0. The number of rotatable bonds is 5. The van der Waals surface area contributed by atoms with Gasteiger partial charge in [0.25, 0.3) is 0 Å². The summed E-state index contributed by atoms with van der Waals surface area (Å²) in [6, 6.07) is 3.81. The first-order valence-corrected chi connectivity index (χ1v) is 7.21. The molecule has 6 heteroatoms. The molecule has 0 heterocycles. The fourth-order valence-electron chi connectivity index (χ4n) is 1.58. The lowest BCUT2D eigenvalue weighted by atomic mass is 10.2. The van der Waals surface area contributed by atoms with Crippen molar-refractivity contribution in [2.45, 2.75) is 52.6 Å². The second-order valence-electron chi connectivity index (χ2n) is 5.85. The van der Waals surface area contributed by atoms with Crippen LogP contribution in [0.2, 0.25) is 0 Å². The predicted octanol–water partition coefficient (Wildman–Crippen LogP) is 4.27. The molecular weight excluding hydrogens is 289 g/mol. The predicted molar refractivity (Wildman–Crippen MR) is 81.4 cm³/mol. The SMILES string of the molecule is CCCCC(=O)Oc1ccc(NC(=O)OC(C)(C)C)cc1F. The highest BCUT2D eigenvalue weighted by molar-refractivity contribution is 5.85. The van der Waals surface area contributed by atoms with Gasteiger partial charge in [0.2, 0.25) is 0 Å². The van der Waals surface area contributed by atoms with Crippen LogP contribution in [0.5, 0.6) is 5.75 Å². The van der Waals surface area contributed by atoms with Crippen molar-refractivity contribution in [3.63, 3.8) is 0 Å². The van der Waals surface area contributed by atoms with Crippen LogP contribution in [0.3, 0.4) is 0 Å². The van der Waals surface area contributed by atoms with Gasteiger partial charge in [0.15, 0.2) is 11.6 Å². The van der Waals surface area contributed by atoms with Crippen molar-refractivity contribution < 1.29 is 23.5 Å². The Balaban J connectivity index is 2.65. The lowest BCUT2D eigenvalue weighted by Crippen LogP contribution is -2.27. The Morgan fingerprint density at radius 3 is 2.50 bits per heavy atom. The topological polar surface area (TPSA) is 64.6 Å². The van der Waals surface area contributed by atoms with Gasteiger partial charge in [-0.3, -0.25) is 10.1 Å². The zero-order valence-corrected chi connectivity index (χ0v) is 13.4. The molecule has 22 heavy (non-hydrogen) atoms. The van der Waals surface area contributed by atoms with Crippen LogP contribution in [0.15, 0.2) is 18.2 Å². The molecule has 0 fully saturated rings. The third-order valence-electron chi connectivity index (χ3n) is 2.54. The monoisotopic (exact) mass is 311 g/mol. The second-order valence-corrected chi connectivity index (χ2v) is 5.85. The smallest absolute Gasteiger partial charge is 0.412 e. The molecule has 122 valence electrons. The maximum absolute atomic E-state index is 13.9. The van der Waals surface area contributed by atoms with Gasteiger partial charge >= 0.3 is 12.1 Å². The molecule has 0 radical (unpaired) electrons. The van der Waals surface area contributed by atoms with Crippen LogP contribution in [0.4, 0.5) is 14.9 Å². The number of carbonyl (C=O) groups is 2. The van der Waals surface area contributed by atoms with E-state index in [0.717, 1.165) is 12.5 Å². The van der Waals surface area contributed by atoms with Gasteiger partial charge in [0.05, 0.1) is 0 Å². The first kappa shape index (κ1) is 17.9. The van der Waals surface area contributed by atoms with E-state index in [1.54, 1.807) is 20.8 Å². The Kier molecular flexibility index (Phi) is 6.34. The van der Waals surface area contributed by atoms with E-state index in [-0.39, 0.29) is 17.9 Å². The van der Waals surface area contributed by atoms with E-state index in [2.05, 4.69) is 5.32 Å². The molecule has 1 N–H and O–H groups in total. The van der Waals surface area contributed by atoms with Gasteiger partial charge in [-0.25, -0.2) is 9.18 Å². The molecule has 1 rings (SSSR count). The molecule has 0 aromatic heterocycles. The molecule has 0 aliphatic heterocycles. The highest BCUT2D eigenvalue weighted by atomic mass is 19.1. The Hall–Kier alpha value is -2.11. The Labute approximate surface area is 129 Å². The van der Waals surface area contributed by atoms with E-state index in [9.17, 15) is 14.0 Å². The number of hydrogen-bond acceptors (Lipinski definition) is 4. The van der Waals surface area contributed by atoms with E-state index in [4.69, 9.17) is 9.47 Å². The number of benzene rings is 1. The molecule has 0 atom stereocenters. The number of ether oxygens (including phenoxy) is 2. The minimum absolute atomic E-state index is 0.157. The van der Waals surface area contributed by atoms with Crippen LogP contribution in [-0.4, -0.2) is 17.7 Å². The van der Waals surface area contributed by atoms with Gasteiger partial charge in [0.1, 0.15) is 5.60 Å². The van der Waals surface area contributed by atoms with Gasteiger partial charge in [-0.2, -0.15) is 0 Å². The number of unbranched alkanes of at least 4 members (excludes halogenated alkanes) is 1. The summed E-state index contributed by atoms with van der Waals surface area (Å²) < 4.78 is 23.8. The molecule has 1 aromatic rings. The number of esters is 1. The molecule has 1 aromatic carbocycles. The van der Waals surface area contributed by atoms with Crippen molar-refractivity contribution in [3.8, 4) is 5.75 Å². The van der Waals surface area contributed by atoms with E-state index >= 15 is 0 Å². The summed E-state index contributed by atoms with van der Waals surface area (Å²) in [5.41, 5.74) is -0.419. The Morgan fingerprint density at radius 2 is 1.95 bits per heavy atom. The van der Waals surface area contributed by atoms with Gasteiger partial charge in [-0.05, 0) is 39.3 Å². The molecule has 0 aliphatic rings. The zero-order valence-electron chi connectivity index (χ0n) is 13.4. The van der Waals surface area contributed by atoms with Crippen LogP contribution >= 0.6 is 0 Å². The molecule has 1 amide bonds. The van der Waals surface area contributed by atoms with E-state index in [1.165, 1.54) is 12.1 Å². The van der Waals surface area contributed by atoms with Gasteiger partial charge in [-0.1, -0.05) is 13.3 Å². The third kappa shape index (κ3) is 6.56. The van der Waals surface area contributed by atoms with Crippen LogP contribution in [0.25, 0.3) is 0 Å². The normalized spacial score (nSPS) is 11.0. The standard InChI is InChI=1S/C16H22FNO4/c1-5-6-7-14(19)21-13-9-8-11(10-12(13)17)18-15(20)22-16(2,3)4/h8-10H,5-7H2,1-4H3,(H,18,20). The zero-order chi connectivity index (χ0) is 16.8. The maximum atomic E-state index is 13.9. The number of amides is 1. The summed E-state index contributed by atoms with van der Waals surface area (Å²) in [5.74, 6) is -1.36. The van der Waals surface area contributed by atoms with Crippen LogP contribution in [0, 0.1) is 5.82 Å². The molecular formula is C16H22FNO4. The number of anilines is 1. The first-order chi connectivity index (χ1) is 10.2. The van der Waals surface area contributed by atoms with E-state index in [1.807, 2.05) is 6.92 Å².